The molecule has 0 heterocycles. The van der Waals surface area contributed by atoms with Gasteiger partial charge in [0.1, 0.15) is 5.69 Å². The molecule has 1 nitrogen and oxygen atoms in total. The van der Waals surface area contributed by atoms with Crippen LogP contribution in [0, 0.1) is 31.5 Å². The summed E-state index contributed by atoms with van der Waals surface area (Å²) in [7, 11) is 0. The standard InChI is InChI=1S/C23H16FNS/c1-16-3-7-20(8-4-16)21-11-10-19(17(2)13-21)9-5-18-6-12-23(25-15-26)22(24)14-18/h3-4,6-8,10-14H,1-2H3. The number of hydrogen-bond acceptors (Lipinski definition) is 2. The van der Waals surface area contributed by atoms with E-state index in [0.29, 0.717) is 5.56 Å². The highest BCUT2D eigenvalue weighted by Gasteiger charge is 2.02. The van der Waals surface area contributed by atoms with E-state index in [2.05, 4.69) is 77.5 Å². The minimum absolute atomic E-state index is 0.171. The zero-order valence-corrected chi connectivity index (χ0v) is 15.3. The van der Waals surface area contributed by atoms with E-state index in [4.69, 9.17) is 0 Å². The molecule has 3 aromatic carbocycles. The molecule has 3 rings (SSSR count). The number of benzene rings is 3. The van der Waals surface area contributed by atoms with Crippen molar-refractivity contribution in [3.63, 3.8) is 0 Å². The molecule has 0 unspecified atom stereocenters. The van der Waals surface area contributed by atoms with Crippen molar-refractivity contribution in [3.05, 3.63) is 88.7 Å². The third kappa shape index (κ3) is 4.13. The molecule has 3 aromatic rings. The summed E-state index contributed by atoms with van der Waals surface area (Å²) in [6.07, 6.45) is 0. The topological polar surface area (TPSA) is 12.4 Å². The predicted octanol–water partition coefficient (Wildman–Crippen LogP) is 6.24. The molecule has 3 heteroatoms. The first-order valence-corrected chi connectivity index (χ1v) is 8.55. The number of halogens is 1. The first kappa shape index (κ1) is 17.8. The van der Waals surface area contributed by atoms with Crippen molar-refractivity contribution in [2.24, 2.45) is 4.99 Å². The van der Waals surface area contributed by atoms with Gasteiger partial charge in [0.25, 0.3) is 0 Å². The molecule has 0 saturated carbocycles. The summed E-state index contributed by atoms with van der Waals surface area (Å²) in [6.45, 7) is 4.10. The molecule has 0 amide bonds. The van der Waals surface area contributed by atoms with E-state index in [-0.39, 0.29) is 5.69 Å². The van der Waals surface area contributed by atoms with Crippen LogP contribution in [0.3, 0.4) is 0 Å². The number of aliphatic imine (C=N–C) groups is 1. The van der Waals surface area contributed by atoms with Gasteiger partial charge < -0.3 is 0 Å². The van der Waals surface area contributed by atoms with Crippen molar-refractivity contribution in [2.75, 3.05) is 0 Å². The smallest absolute Gasteiger partial charge is 0.150 e. The Morgan fingerprint density at radius 3 is 2.23 bits per heavy atom. The van der Waals surface area contributed by atoms with E-state index in [0.717, 1.165) is 16.7 Å². The minimum Gasteiger partial charge on any atom is -0.205 e. The molecule has 0 aliphatic rings. The van der Waals surface area contributed by atoms with Gasteiger partial charge in [-0.15, -0.1) is 0 Å². The molecule has 0 aromatic heterocycles. The fourth-order valence-corrected chi connectivity index (χ4v) is 2.69. The average molecular weight is 357 g/mol. The lowest BCUT2D eigenvalue weighted by atomic mass is 9.99. The van der Waals surface area contributed by atoms with Gasteiger partial charge in [-0.25, -0.2) is 4.39 Å². The van der Waals surface area contributed by atoms with Crippen molar-refractivity contribution in [1.29, 1.82) is 0 Å². The molecule has 0 atom stereocenters. The highest BCUT2D eigenvalue weighted by atomic mass is 32.1. The molecule has 0 aliphatic carbocycles. The molecule has 0 radical (unpaired) electrons. The van der Waals surface area contributed by atoms with Crippen molar-refractivity contribution < 1.29 is 4.39 Å². The Labute approximate surface area is 158 Å². The Kier molecular flexibility index (Phi) is 5.39. The SMILES string of the molecule is Cc1ccc(-c2ccc(C#Cc3ccc(N=C=S)c(F)c3)c(C)c2)cc1. The summed E-state index contributed by atoms with van der Waals surface area (Å²) in [6, 6.07) is 19.2. The van der Waals surface area contributed by atoms with Gasteiger partial charge in [-0.1, -0.05) is 53.8 Å². The number of nitrogens with zero attached hydrogens (tertiary/aromatic N) is 1. The zero-order chi connectivity index (χ0) is 18.5. The number of aryl methyl sites for hydroxylation is 2. The maximum absolute atomic E-state index is 13.9. The second-order valence-electron chi connectivity index (χ2n) is 6.02. The summed E-state index contributed by atoms with van der Waals surface area (Å²) in [5, 5.41) is 2.16. The highest BCUT2D eigenvalue weighted by Crippen LogP contribution is 2.23. The van der Waals surface area contributed by atoms with E-state index in [1.54, 1.807) is 12.1 Å². The molecular formula is C23H16FNS. The summed E-state index contributed by atoms with van der Waals surface area (Å²) in [4.78, 5) is 3.67. The monoisotopic (exact) mass is 357 g/mol. The number of isothiocyanates is 1. The Hall–Kier alpha value is -3.05. The molecule has 126 valence electrons. The number of rotatable bonds is 2. The van der Waals surface area contributed by atoms with Gasteiger partial charge in [0.2, 0.25) is 0 Å². The van der Waals surface area contributed by atoms with Crippen LogP contribution >= 0.6 is 12.2 Å². The van der Waals surface area contributed by atoms with Crippen molar-refractivity contribution in [1.82, 2.24) is 0 Å². The van der Waals surface area contributed by atoms with Crippen molar-refractivity contribution >= 4 is 23.1 Å². The van der Waals surface area contributed by atoms with E-state index >= 15 is 0 Å². The van der Waals surface area contributed by atoms with Crippen LogP contribution in [0.15, 0.2) is 65.7 Å². The van der Waals surface area contributed by atoms with Gasteiger partial charge in [-0.2, -0.15) is 4.99 Å². The van der Waals surface area contributed by atoms with Crippen molar-refractivity contribution in [2.45, 2.75) is 13.8 Å². The summed E-state index contributed by atoms with van der Waals surface area (Å²) >= 11 is 4.50. The highest BCUT2D eigenvalue weighted by molar-refractivity contribution is 7.78. The Balaban J connectivity index is 1.88. The number of thiocarbonyl (C=S) groups is 1. The molecule has 0 saturated heterocycles. The van der Waals surface area contributed by atoms with Crippen LogP contribution in [-0.4, -0.2) is 5.16 Å². The third-order valence-corrected chi connectivity index (χ3v) is 4.16. The van der Waals surface area contributed by atoms with Gasteiger partial charge in [-0.3, -0.25) is 0 Å². The van der Waals surface area contributed by atoms with Gasteiger partial charge in [0, 0.05) is 11.1 Å². The lowest BCUT2D eigenvalue weighted by Crippen LogP contribution is -1.86. The molecule has 0 fully saturated rings. The first-order chi connectivity index (χ1) is 12.6. The zero-order valence-electron chi connectivity index (χ0n) is 14.5. The fraction of sp³-hybridized carbons (Fsp3) is 0.0870. The quantitative estimate of drug-likeness (QED) is 0.300. The van der Waals surface area contributed by atoms with E-state index in [1.807, 2.05) is 13.0 Å². The second kappa shape index (κ2) is 7.89. The summed E-state index contributed by atoms with van der Waals surface area (Å²) in [5.41, 5.74) is 6.33. The predicted molar refractivity (Wildman–Crippen MR) is 108 cm³/mol. The average Bonchev–Trinajstić information content (AvgIpc) is 2.63. The van der Waals surface area contributed by atoms with Crippen LogP contribution in [0.2, 0.25) is 0 Å². The Morgan fingerprint density at radius 1 is 0.846 bits per heavy atom. The third-order valence-electron chi connectivity index (χ3n) is 4.07. The van der Waals surface area contributed by atoms with Crippen LogP contribution in [0.25, 0.3) is 11.1 Å². The molecule has 0 bridgehead atoms. The second-order valence-corrected chi connectivity index (χ2v) is 6.20. The number of hydrogen-bond donors (Lipinski definition) is 0. The van der Waals surface area contributed by atoms with Crippen molar-refractivity contribution in [3.8, 4) is 23.0 Å². The maximum Gasteiger partial charge on any atom is 0.150 e. The molecule has 26 heavy (non-hydrogen) atoms. The lowest BCUT2D eigenvalue weighted by Gasteiger charge is -2.05. The molecule has 0 N–H and O–H groups in total. The Bertz CT molecular complexity index is 1070. The van der Waals surface area contributed by atoms with E-state index in [9.17, 15) is 4.39 Å². The normalized spacial score (nSPS) is 9.81. The van der Waals surface area contributed by atoms with Gasteiger partial charge >= 0.3 is 0 Å². The minimum atomic E-state index is -0.458. The maximum atomic E-state index is 13.9. The van der Waals surface area contributed by atoms with Crippen LogP contribution < -0.4 is 0 Å². The van der Waals surface area contributed by atoms with Crippen LogP contribution in [0.4, 0.5) is 10.1 Å². The van der Waals surface area contributed by atoms with E-state index < -0.39 is 5.82 Å². The fourth-order valence-electron chi connectivity index (χ4n) is 2.59. The molecule has 0 aliphatic heterocycles. The van der Waals surface area contributed by atoms with E-state index in [1.165, 1.54) is 17.2 Å². The Morgan fingerprint density at radius 2 is 1.58 bits per heavy atom. The van der Waals surface area contributed by atoms with Crippen LogP contribution in [-0.2, 0) is 0 Å². The van der Waals surface area contributed by atoms with Gasteiger partial charge in [0.15, 0.2) is 5.82 Å². The van der Waals surface area contributed by atoms with Gasteiger partial charge in [0.05, 0.1) is 5.16 Å². The molecule has 0 spiro atoms. The molecular weight excluding hydrogens is 341 g/mol. The summed E-state index contributed by atoms with van der Waals surface area (Å²) in [5.74, 6) is 5.65. The van der Waals surface area contributed by atoms with Crippen LogP contribution in [0.5, 0.6) is 0 Å². The summed E-state index contributed by atoms with van der Waals surface area (Å²) < 4.78 is 13.9. The van der Waals surface area contributed by atoms with Crippen LogP contribution in [0.1, 0.15) is 22.3 Å². The lowest BCUT2D eigenvalue weighted by molar-refractivity contribution is 0.629. The largest absolute Gasteiger partial charge is 0.205 e. The van der Waals surface area contributed by atoms with Gasteiger partial charge in [-0.05, 0) is 67.0 Å². The first-order valence-electron chi connectivity index (χ1n) is 8.14.